The molecule has 22 heavy (non-hydrogen) atoms. The van der Waals surface area contributed by atoms with E-state index in [9.17, 15) is 9.90 Å². The predicted molar refractivity (Wildman–Crippen MR) is 85.0 cm³/mol. The van der Waals surface area contributed by atoms with Crippen LogP contribution in [0.5, 0.6) is 5.88 Å². The van der Waals surface area contributed by atoms with Gasteiger partial charge in [-0.25, -0.2) is 0 Å². The van der Waals surface area contributed by atoms with Crippen LogP contribution in [0.3, 0.4) is 0 Å². The van der Waals surface area contributed by atoms with E-state index >= 15 is 0 Å². The summed E-state index contributed by atoms with van der Waals surface area (Å²) in [5.41, 5.74) is 1.99. The molecule has 0 bridgehead atoms. The molecule has 2 N–H and O–H groups in total. The van der Waals surface area contributed by atoms with Crippen LogP contribution in [0.1, 0.15) is 22.5 Å². The van der Waals surface area contributed by atoms with Gasteiger partial charge in [-0.1, -0.05) is 60.7 Å². The summed E-state index contributed by atoms with van der Waals surface area (Å²) in [6.45, 7) is 0. The number of nitrogens with zero attached hydrogens (tertiary/aromatic N) is 1. The fourth-order valence-electron chi connectivity index (χ4n) is 2.36. The van der Waals surface area contributed by atoms with E-state index in [4.69, 9.17) is 0 Å². The van der Waals surface area contributed by atoms with Crippen LogP contribution in [0.25, 0.3) is 0 Å². The molecule has 0 saturated carbocycles. The number of hydrogen-bond donors (Lipinski definition) is 2. The van der Waals surface area contributed by atoms with Crippen molar-refractivity contribution in [3.63, 3.8) is 0 Å². The van der Waals surface area contributed by atoms with Crippen molar-refractivity contribution in [1.29, 1.82) is 0 Å². The monoisotopic (exact) mass is 292 g/mol. The molecule has 0 spiro atoms. The molecule has 4 nitrogen and oxygen atoms in total. The Hall–Kier alpha value is -2.88. The summed E-state index contributed by atoms with van der Waals surface area (Å²) in [6.07, 6.45) is 0.843. The van der Waals surface area contributed by atoms with Crippen LogP contribution >= 0.6 is 0 Å². The molecule has 0 atom stereocenters. The number of aromatic nitrogens is 2. The van der Waals surface area contributed by atoms with E-state index in [0.717, 1.165) is 11.1 Å². The van der Waals surface area contributed by atoms with Gasteiger partial charge in [0.25, 0.3) is 5.56 Å². The van der Waals surface area contributed by atoms with Crippen LogP contribution < -0.4 is 5.56 Å². The molecule has 0 amide bonds. The number of hydrogen-bond acceptors (Lipinski definition) is 3. The Bertz CT molecular complexity index is 811. The van der Waals surface area contributed by atoms with Gasteiger partial charge in [0.1, 0.15) is 5.82 Å². The van der Waals surface area contributed by atoms with Crippen LogP contribution in [0.4, 0.5) is 0 Å². The van der Waals surface area contributed by atoms with E-state index in [-0.39, 0.29) is 11.4 Å². The van der Waals surface area contributed by atoms with E-state index in [1.165, 1.54) is 0 Å². The van der Waals surface area contributed by atoms with Crippen molar-refractivity contribution >= 4 is 0 Å². The molecule has 0 saturated heterocycles. The molecular weight excluding hydrogens is 276 g/mol. The minimum atomic E-state index is -0.290. The lowest BCUT2D eigenvalue weighted by Crippen LogP contribution is -2.17. The third-order valence-corrected chi connectivity index (χ3v) is 3.48. The molecule has 3 rings (SSSR count). The zero-order valence-electron chi connectivity index (χ0n) is 12.0. The maximum atomic E-state index is 12.2. The molecule has 0 aliphatic heterocycles. The van der Waals surface area contributed by atoms with Crippen LogP contribution in [-0.2, 0) is 12.8 Å². The van der Waals surface area contributed by atoms with Crippen molar-refractivity contribution in [2.75, 3.05) is 0 Å². The Morgan fingerprint density at radius 3 is 1.95 bits per heavy atom. The molecular formula is C18H16N2O2. The lowest BCUT2D eigenvalue weighted by atomic mass is 10.1. The number of aromatic hydroxyl groups is 1. The van der Waals surface area contributed by atoms with Gasteiger partial charge in [-0.05, 0) is 11.1 Å². The van der Waals surface area contributed by atoms with Crippen molar-refractivity contribution < 1.29 is 5.11 Å². The number of nitrogens with one attached hydrogen (secondary N) is 1. The molecule has 0 aliphatic carbocycles. The molecule has 3 aromatic rings. The van der Waals surface area contributed by atoms with Crippen LogP contribution in [0.2, 0.25) is 0 Å². The molecule has 1 heterocycles. The van der Waals surface area contributed by atoms with Gasteiger partial charge in [-0.15, -0.1) is 0 Å². The third kappa shape index (κ3) is 3.23. The van der Waals surface area contributed by atoms with Crippen molar-refractivity contribution in [1.82, 2.24) is 9.97 Å². The van der Waals surface area contributed by atoms with Gasteiger partial charge in [0.05, 0.1) is 5.56 Å². The topological polar surface area (TPSA) is 66.0 Å². The largest absolute Gasteiger partial charge is 0.493 e. The summed E-state index contributed by atoms with van der Waals surface area (Å²) >= 11 is 0. The normalized spacial score (nSPS) is 10.5. The predicted octanol–water partition coefficient (Wildman–Crippen LogP) is 2.66. The molecule has 1 aromatic heterocycles. The van der Waals surface area contributed by atoms with E-state index in [0.29, 0.717) is 24.2 Å². The summed E-state index contributed by atoms with van der Waals surface area (Å²) in [5.74, 6) is 0.268. The Morgan fingerprint density at radius 2 is 1.41 bits per heavy atom. The minimum Gasteiger partial charge on any atom is -0.493 e. The van der Waals surface area contributed by atoms with Crippen LogP contribution in [-0.4, -0.2) is 15.1 Å². The van der Waals surface area contributed by atoms with E-state index in [2.05, 4.69) is 9.97 Å². The number of benzene rings is 2. The first-order chi connectivity index (χ1) is 10.7. The maximum absolute atomic E-state index is 12.2. The Kier molecular flexibility index (Phi) is 4.01. The number of H-pyrrole nitrogens is 1. The Labute approximate surface area is 128 Å². The first-order valence-corrected chi connectivity index (χ1v) is 7.11. The van der Waals surface area contributed by atoms with Crippen LogP contribution in [0.15, 0.2) is 65.5 Å². The summed E-state index contributed by atoms with van der Waals surface area (Å²) in [6, 6.07) is 19.2. The van der Waals surface area contributed by atoms with Crippen molar-refractivity contribution in [2.45, 2.75) is 12.8 Å². The minimum absolute atomic E-state index is 0.196. The van der Waals surface area contributed by atoms with Gasteiger partial charge >= 0.3 is 0 Å². The lowest BCUT2D eigenvalue weighted by molar-refractivity contribution is 0.441. The van der Waals surface area contributed by atoms with Gasteiger partial charge in [0.15, 0.2) is 0 Å². The average Bonchev–Trinajstić information content (AvgIpc) is 2.53. The molecule has 110 valence electrons. The Balaban J connectivity index is 1.87. The standard InChI is InChI=1S/C18H16N2O2/c21-17-15(11-13-7-3-1-4-8-13)18(22)20-16(19-17)12-14-9-5-2-6-10-14/h1-10H,11-12H2,(H2,19,20,21,22). The second kappa shape index (κ2) is 6.26. The van der Waals surface area contributed by atoms with Gasteiger partial charge < -0.3 is 10.1 Å². The highest BCUT2D eigenvalue weighted by Crippen LogP contribution is 2.15. The number of aromatic amines is 1. The second-order valence-electron chi connectivity index (χ2n) is 5.14. The van der Waals surface area contributed by atoms with Gasteiger partial charge in [0.2, 0.25) is 5.88 Å². The second-order valence-corrected chi connectivity index (χ2v) is 5.14. The van der Waals surface area contributed by atoms with Crippen molar-refractivity contribution in [3.8, 4) is 5.88 Å². The zero-order valence-corrected chi connectivity index (χ0v) is 12.0. The SMILES string of the molecule is O=c1[nH]c(Cc2ccccc2)nc(O)c1Cc1ccccc1. The average molecular weight is 292 g/mol. The van der Waals surface area contributed by atoms with Crippen molar-refractivity contribution in [2.24, 2.45) is 0 Å². The fourth-order valence-corrected chi connectivity index (χ4v) is 2.36. The fraction of sp³-hybridized carbons (Fsp3) is 0.111. The number of rotatable bonds is 4. The van der Waals surface area contributed by atoms with Gasteiger partial charge in [-0.3, -0.25) is 4.79 Å². The van der Waals surface area contributed by atoms with E-state index in [1.54, 1.807) is 0 Å². The summed E-state index contributed by atoms with van der Waals surface area (Å²) in [4.78, 5) is 19.1. The lowest BCUT2D eigenvalue weighted by Gasteiger charge is -2.06. The van der Waals surface area contributed by atoms with E-state index < -0.39 is 0 Å². The first kappa shape index (κ1) is 14.1. The molecule has 2 aromatic carbocycles. The summed E-state index contributed by atoms with van der Waals surface area (Å²) in [5, 5.41) is 10.1. The van der Waals surface area contributed by atoms with Crippen molar-refractivity contribution in [3.05, 3.63) is 93.5 Å². The maximum Gasteiger partial charge on any atom is 0.258 e. The highest BCUT2D eigenvalue weighted by atomic mass is 16.3. The zero-order chi connectivity index (χ0) is 15.4. The smallest absolute Gasteiger partial charge is 0.258 e. The summed E-state index contributed by atoms with van der Waals surface area (Å²) in [7, 11) is 0. The summed E-state index contributed by atoms with van der Waals surface area (Å²) < 4.78 is 0. The first-order valence-electron chi connectivity index (χ1n) is 7.11. The molecule has 0 radical (unpaired) electrons. The molecule has 0 aliphatic rings. The highest BCUT2D eigenvalue weighted by Gasteiger charge is 2.11. The molecule has 0 unspecified atom stereocenters. The quantitative estimate of drug-likeness (QED) is 0.777. The Morgan fingerprint density at radius 1 is 0.864 bits per heavy atom. The highest BCUT2D eigenvalue weighted by molar-refractivity contribution is 5.31. The third-order valence-electron chi connectivity index (χ3n) is 3.48. The van der Waals surface area contributed by atoms with Crippen LogP contribution in [0, 0.1) is 0 Å². The van der Waals surface area contributed by atoms with E-state index in [1.807, 2.05) is 60.7 Å². The molecule has 4 heteroatoms. The van der Waals surface area contributed by atoms with Gasteiger partial charge in [-0.2, -0.15) is 4.98 Å². The molecule has 0 fully saturated rings. The van der Waals surface area contributed by atoms with Gasteiger partial charge in [0, 0.05) is 12.8 Å².